The van der Waals surface area contributed by atoms with Crippen LogP contribution in [-0.4, -0.2) is 48.0 Å². The first kappa shape index (κ1) is 13.5. The van der Waals surface area contributed by atoms with E-state index in [-0.39, 0.29) is 6.29 Å². The Hall–Kier alpha value is -2.18. The molecule has 2 aromatic heterocycles. The van der Waals surface area contributed by atoms with Gasteiger partial charge >= 0.3 is 0 Å². The van der Waals surface area contributed by atoms with Gasteiger partial charge in [0.05, 0.1) is 19.8 Å². The van der Waals surface area contributed by atoms with E-state index in [1.165, 1.54) is 5.56 Å². The Morgan fingerprint density at radius 3 is 2.91 bits per heavy atom. The summed E-state index contributed by atoms with van der Waals surface area (Å²) < 4.78 is 11.0. The number of anilines is 1. The summed E-state index contributed by atoms with van der Waals surface area (Å²) >= 11 is 0. The van der Waals surface area contributed by atoms with Gasteiger partial charge in [-0.2, -0.15) is 0 Å². The van der Waals surface area contributed by atoms with Crippen molar-refractivity contribution in [1.82, 2.24) is 15.0 Å². The fourth-order valence-electron chi connectivity index (χ4n) is 2.91. The Labute approximate surface area is 128 Å². The fraction of sp³-hybridized carbons (Fsp3) is 0.375. The average molecular weight is 298 g/mol. The number of benzene rings is 1. The maximum absolute atomic E-state index is 5.51. The van der Waals surface area contributed by atoms with E-state index in [9.17, 15) is 0 Å². The Kier molecular flexibility index (Phi) is 3.20. The highest BCUT2D eigenvalue weighted by Crippen LogP contribution is 2.29. The quantitative estimate of drug-likeness (QED) is 0.803. The number of aryl methyl sites for hydroxylation is 1. The summed E-state index contributed by atoms with van der Waals surface area (Å²) in [5.74, 6) is 0.859. The number of aromatic nitrogens is 3. The molecule has 1 N–H and O–H groups in total. The maximum atomic E-state index is 5.51. The molecule has 0 bridgehead atoms. The molecule has 3 aromatic rings. The van der Waals surface area contributed by atoms with E-state index in [0.717, 1.165) is 27.8 Å². The molecule has 114 valence electrons. The van der Waals surface area contributed by atoms with Gasteiger partial charge < -0.3 is 19.4 Å². The van der Waals surface area contributed by atoms with Crippen LogP contribution in [0.2, 0.25) is 0 Å². The second-order valence-electron chi connectivity index (χ2n) is 5.65. The van der Waals surface area contributed by atoms with Gasteiger partial charge in [0.15, 0.2) is 12.1 Å². The van der Waals surface area contributed by atoms with Crippen LogP contribution in [-0.2, 0) is 9.47 Å². The molecule has 0 saturated carbocycles. The number of fused-ring (bicyclic) bond motifs is 3. The molecule has 6 heteroatoms. The van der Waals surface area contributed by atoms with Gasteiger partial charge in [0.1, 0.15) is 17.4 Å². The van der Waals surface area contributed by atoms with Crippen LogP contribution in [0.15, 0.2) is 24.5 Å². The second-order valence-corrected chi connectivity index (χ2v) is 5.65. The summed E-state index contributed by atoms with van der Waals surface area (Å²) in [4.78, 5) is 14.4. The number of H-pyrrole nitrogens is 1. The summed E-state index contributed by atoms with van der Waals surface area (Å²) in [6.45, 7) is 4.03. The molecule has 0 spiro atoms. The lowest BCUT2D eigenvalue weighted by molar-refractivity contribution is -0.0336. The number of aromatic amines is 1. The van der Waals surface area contributed by atoms with Crippen molar-refractivity contribution < 1.29 is 9.47 Å². The molecule has 22 heavy (non-hydrogen) atoms. The Balaban J connectivity index is 1.78. The van der Waals surface area contributed by atoms with Crippen LogP contribution in [0.3, 0.4) is 0 Å². The Bertz CT molecular complexity index is 823. The molecule has 0 atom stereocenters. The van der Waals surface area contributed by atoms with Gasteiger partial charge in [-0.3, -0.25) is 0 Å². The van der Waals surface area contributed by atoms with Gasteiger partial charge in [-0.1, -0.05) is 12.1 Å². The topological polar surface area (TPSA) is 63.3 Å². The molecule has 4 rings (SSSR count). The van der Waals surface area contributed by atoms with Crippen LogP contribution < -0.4 is 4.90 Å². The first-order chi connectivity index (χ1) is 10.7. The van der Waals surface area contributed by atoms with Crippen molar-refractivity contribution in [2.24, 2.45) is 0 Å². The largest absolute Gasteiger partial charge is 0.353 e. The van der Waals surface area contributed by atoms with Crippen LogP contribution >= 0.6 is 0 Å². The van der Waals surface area contributed by atoms with Crippen LogP contribution in [0.25, 0.3) is 21.9 Å². The minimum atomic E-state index is -0.193. The molecule has 0 amide bonds. The van der Waals surface area contributed by atoms with E-state index < -0.39 is 0 Å². The van der Waals surface area contributed by atoms with E-state index in [4.69, 9.17) is 9.47 Å². The van der Waals surface area contributed by atoms with Gasteiger partial charge in [-0.05, 0) is 18.6 Å². The van der Waals surface area contributed by atoms with Crippen LogP contribution in [0.5, 0.6) is 0 Å². The number of likely N-dealkylation sites (N-methyl/N-ethyl adjacent to an activating group) is 1. The first-order valence-electron chi connectivity index (χ1n) is 7.40. The normalized spacial score (nSPS) is 15.9. The highest BCUT2D eigenvalue weighted by Gasteiger charge is 2.21. The smallest absolute Gasteiger partial charge is 0.175 e. The minimum Gasteiger partial charge on any atom is -0.353 e. The predicted octanol–water partition coefficient (Wildman–Crippen LogP) is 2.23. The summed E-state index contributed by atoms with van der Waals surface area (Å²) in [6, 6.07) is 6.33. The first-order valence-corrected chi connectivity index (χ1v) is 7.40. The Morgan fingerprint density at radius 1 is 1.27 bits per heavy atom. The molecular weight excluding hydrogens is 280 g/mol. The monoisotopic (exact) mass is 298 g/mol. The molecule has 1 saturated heterocycles. The zero-order valence-corrected chi connectivity index (χ0v) is 12.7. The van der Waals surface area contributed by atoms with Gasteiger partial charge in [0, 0.05) is 18.0 Å². The van der Waals surface area contributed by atoms with E-state index >= 15 is 0 Å². The lowest BCUT2D eigenvalue weighted by Crippen LogP contribution is -2.30. The SMILES string of the molecule is Cc1ccc2c(c1)[nH]c1c(N(C)CC3OCCO3)ncnc12. The van der Waals surface area contributed by atoms with Crippen molar-refractivity contribution in [2.75, 3.05) is 31.7 Å². The summed E-state index contributed by atoms with van der Waals surface area (Å²) in [5.41, 5.74) is 4.19. The zero-order valence-electron chi connectivity index (χ0n) is 12.7. The standard InChI is InChI=1S/C16H18N4O2/c1-10-3-4-11-12(7-10)19-15-14(11)17-9-18-16(15)20(2)8-13-21-5-6-22-13/h3-4,7,9,13,19H,5-6,8H2,1-2H3. The lowest BCUT2D eigenvalue weighted by Gasteiger charge is -2.21. The minimum absolute atomic E-state index is 0.193. The summed E-state index contributed by atoms with van der Waals surface area (Å²) in [6.07, 6.45) is 1.42. The van der Waals surface area contributed by atoms with Crippen molar-refractivity contribution in [3.63, 3.8) is 0 Å². The Morgan fingerprint density at radius 2 is 2.09 bits per heavy atom. The molecule has 0 unspecified atom stereocenters. The number of nitrogens with zero attached hydrogens (tertiary/aromatic N) is 3. The molecule has 0 aliphatic carbocycles. The number of nitrogens with one attached hydrogen (secondary N) is 1. The third-order valence-electron chi connectivity index (χ3n) is 3.99. The highest BCUT2D eigenvalue weighted by molar-refractivity contribution is 6.08. The average Bonchev–Trinajstić information content (AvgIpc) is 3.13. The van der Waals surface area contributed by atoms with Gasteiger partial charge in [0.25, 0.3) is 0 Å². The molecule has 6 nitrogen and oxygen atoms in total. The van der Waals surface area contributed by atoms with E-state index in [0.29, 0.717) is 19.8 Å². The second kappa shape index (κ2) is 5.23. The van der Waals surface area contributed by atoms with E-state index in [1.54, 1.807) is 6.33 Å². The van der Waals surface area contributed by atoms with Crippen LogP contribution in [0, 0.1) is 6.92 Å². The molecule has 1 aliphatic rings. The van der Waals surface area contributed by atoms with E-state index in [2.05, 4.69) is 40.1 Å². The number of rotatable bonds is 3. The highest BCUT2D eigenvalue weighted by atomic mass is 16.7. The molecule has 0 radical (unpaired) electrons. The third-order valence-corrected chi connectivity index (χ3v) is 3.99. The maximum Gasteiger partial charge on any atom is 0.175 e. The van der Waals surface area contributed by atoms with Gasteiger partial charge in [0.2, 0.25) is 0 Å². The predicted molar refractivity (Wildman–Crippen MR) is 85.1 cm³/mol. The molecular formula is C16H18N4O2. The molecule has 3 heterocycles. The molecule has 1 aromatic carbocycles. The van der Waals surface area contributed by atoms with Crippen molar-refractivity contribution in [2.45, 2.75) is 13.2 Å². The van der Waals surface area contributed by atoms with Crippen molar-refractivity contribution >= 4 is 27.8 Å². The zero-order chi connectivity index (χ0) is 15.1. The number of ether oxygens (including phenoxy) is 2. The van der Waals surface area contributed by atoms with Gasteiger partial charge in [-0.15, -0.1) is 0 Å². The van der Waals surface area contributed by atoms with Crippen LogP contribution in [0.1, 0.15) is 5.56 Å². The van der Waals surface area contributed by atoms with E-state index in [1.807, 2.05) is 11.9 Å². The fourth-order valence-corrected chi connectivity index (χ4v) is 2.91. The molecule has 1 fully saturated rings. The van der Waals surface area contributed by atoms with Crippen LogP contribution in [0.4, 0.5) is 5.82 Å². The summed E-state index contributed by atoms with van der Waals surface area (Å²) in [7, 11) is 1.99. The van der Waals surface area contributed by atoms with Gasteiger partial charge in [-0.25, -0.2) is 9.97 Å². The number of hydrogen-bond donors (Lipinski definition) is 1. The molecule has 1 aliphatic heterocycles. The third kappa shape index (κ3) is 2.20. The lowest BCUT2D eigenvalue weighted by atomic mass is 10.2. The van der Waals surface area contributed by atoms with Crippen molar-refractivity contribution in [3.8, 4) is 0 Å². The van der Waals surface area contributed by atoms with Crippen molar-refractivity contribution in [1.29, 1.82) is 0 Å². The number of hydrogen-bond acceptors (Lipinski definition) is 5. The van der Waals surface area contributed by atoms with Crippen molar-refractivity contribution in [3.05, 3.63) is 30.1 Å². The summed E-state index contributed by atoms with van der Waals surface area (Å²) in [5, 5.41) is 1.12.